The van der Waals surface area contributed by atoms with E-state index >= 15 is 0 Å². The van der Waals surface area contributed by atoms with Crippen LogP contribution in [0, 0.1) is 5.41 Å². The molecule has 1 fully saturated rings. The van der Waals surface area contributed by atoms with Gasteiger partial charge in [-0.25, -0.2) is 0 Å². The molecule has 2 rings (SSSR count). The van der Waals surface area contributed by atoms with E-state index in [1.165, 1.54) is 25.7 Å². The van der Waals surface area contributed by atoms with Gasteiger partial charge < -0.3 is 5.11 Å². The fraction of sp³-hybridized carbons (Fsp3) is 0.800. The van der Waals surface area contributed by atoms with Crippen LogP contribution in [-0.4, -0.2) is 11.2 Å². The Hall–Kier alpha value is -0.300. The van der Waals surface area contributed by atoms with Crippen LogP contribution < -0.4 is 0 Å². The predicted molar refractivity (Wildman–Crippen MR) is 45.3 cm³/mol. The lowest BCUT2D eigenvalue weighted by molar-refractivity contribution is 0.0687. The summed E-state index contributed by atoms with van der Waals surface area (Å²) in [5, 5.41) is 9.33. The number of hydrogen-bond acceptors (Lipinski definition) is 1. The number of hydrogen-bond donors (Lipinski definition) is 1. The minimum Gasteiger partial charge on any atom is -0.393 e. The van der Waals surface area contributed by atoms with Gasteiger partial charge in [0, 0.05) is 0 Å². The lowest BCUT2D eigenvalue weighted by Gasteiger charge is -2.35. The highest BCUT2D eigenvalue weighted by Gasteiger charge is 2.34. The third-order valence-corrected chi connectivity index (χ3v) is 3.28. The molecule has 0 atom stereocenters. The molecule has 0 aliphatic heterocycles. The van der Waals surface area contributed by atoms with Gasteiger partial charge in [-0.2, -0.15) is 0 Å². The second-order valence-electron chi connectivity index (χ2n) is 4.11. The van der Waals surface area contributed by atoms with Crippen molar-refractivity contribution in [2.24, 2.45) is 5.41 Å². The van der Waals surface area contributed by atoms with Crippen molar-refractivity contribution >= 4 is 0 Å². The van der Waals surface area contributed by atoms with Crippen LogP contribution in [0.15, 0.2) is 12.2 Å². The maximum absolute atomic E-state index is 9.33. The lowest BCUT2D eigenvalue weighted by atomic mass is 9.71. The Kier molecular flexibility index (Phi) is 1.76. The maximum atomic E-state index is 9.33. The average molecular weight is 152 g/mol. The predicted octanol–water partition coefficient (Wildman–Crippen LogP) is 2.26. The van der Waals surface area contributed by atoms with Crippen molar-refractivity contribution in [3.63, 3.8) is 0 Å². The molecule has 0 amide bonds. The minimum absolute atomic E-state index is 0.00113. The third kappa shape index (κ3) is 1.34. The van der Waals surface area contributed by atoms with Gasteiger partial charge in [0.05, 0.1) is 6.10 Å². The van der Waals surface area contributed by atoms with E-state index in [1.54, 1.807) is 0 Å². The van der Waals surface area contributed by atoms with Crippen LogP contribution in [0.25, 0.3) is 0 Å². The van der Waals surface area contributed by atoms with Gasteiger partial charge in [0.1, 0.15) is 0 Å². The van der Waals surface area contributed by atoms with Gasteiger partial charge in [0.2, 0.25) is 0 Å². The quantitative estimate of drug-likeness (QED) is 0.528. The van der Waals surface area contributed by atoms with E-state index in [4.69, 9.17) is 0 Å². The molecule has 1 spiro atoms. The molecule has 62 valence electrons. The van der Waals surface area contributed by atoms with E-state index in [2.05, 4.69) is 12.2 Å². The summed E-state index contributed by atoms with van der Waals surface area (Å²) in [6.07, 6.45) is 11.7. The zero-order chi connectivity index (χ0) is 7.73. The second-order valence-corrected chi connectivity index (χ2v) is 4.11. The molecule has 0 aromatic carbocycles. The van der Waals surface area contributed by atoms with E-state index in [1.807, 2.05) is 0 Å². The summed E-state index contributed by atoms with van der Waals surface area (Å²) < 4.78 is 0. The first-order valence-electron chi connectivity index (χ1n) is 4.64. The van der Waals surface area contributed by atoms with Crippen LogP contribution in [0.5, 0.6) is 0 Å². The first-order chi connectivity index (χ1) is 5.31. The molecule has 0 aromatic heterocycles. The van der Waals surface area contributed by atoms with E-state index in [0.29, 0.717) is 5.41 Å². The van der Waals surface area contributed by atoms with Gasteiger partial charge >= 0.3 is 0 Å². The third-order valence-electron chi connectivity index (χ3n) is 3.28. The summed E-state index contributed by atoms with van der Waals surface area (Å²) in [7, 11) is 0. The monoisotopic (exact) mass is 152 g/mol. The van der Waals surface area contributed by atoms with E-state index in [9.17, 15) is 5.11 Å². The van der Waals surface area contributed by atoms with Gasteiger partial charge in [-0.3, -0.25) is 0 Å². The number of aliphatic hydroxyl groups is 1. The summed E-state index contributed by atoms with van der Waals surface area (Å²) in [5.74, 6) is 0. The summed E-state index contributed by atoms with van der Waals surface area (Å²) >= 11 is 0. The normalized spacial score (nSPS) is 29.9. The first-order valence-corrected chi connectivity index (χ1v) is 4.64. The molecular weight excluding hydrogens is 136 g/mol. The van der Waals surface area contributed by atoms with Crippen molar-refractivity contribution in [2.45, 2.75) is 44.6 Å². The molecule has 2 aliphatic carbocycles. The van der Waals surface area contributed by atoms with Crippen molar-refractivity contribution in [2.75, 3.05) is 0 Å². The second kappa shape index (κ2) is 2.63. The smallest absolute Gasteiger partial charge is 0.0540 e. The van der Waals surface area contributed by atoms with Crippen LogP contribution >= 0.6 is 0 Å². The summed E-state index contributed by atoms with van der Waals surface area (Å²) in [4.78, 5) is 0. The topological polar surface area (TPSA) is 20.2 Å². The van der Waals surface area contributed by atoms with Crippen molar-refractivity contribution in [3.05, 3.63) is 12.2 Å². The van der Waals surface area contributed by atoms with E-state index in [-0.39, 0.29) is 6.10 Å². The van der Waals surface area contributed by atoms with Crippen molar-refractivity contribution in [1.29, 1.82) is 0 Å². The standard InChI is InChI=1S/C10H16O/c11-9-3-7-10(8-4-9)5-1-2-6-10/h1-2,9,11H,3-8H2. The Labute approximate surface area is 68.1 Å². The van der Waals surface area contributed by atoms with E-state index < -0.39 is 0 Å². The molecule has 0 saturated heterocycles. The number of aliphatic hydroxyl groups excluding tert-OH is 1. The van der Waals surface area contributed by atoms with Crippen LogP contribution in [0.4, 0.5) is 0 Å². The summed E-state index contributed by atoms with van der Waals surface area (Å²) in [6.45, 7) is 0. The zero-order valence-corrected chi connectivity index (χ0v) is 6.92. The maximum Gasteiger partial charge on any atom is 0.0540 e. The molecule has 0 radical (unpaired) electrons. The van der Waals surface area contributed by atoms with Gasteiger partial charge in [0.25, 0.3) is 0 Å². The number of rotatable bonds is 0. The Morgan fingerprint density at radius 1 is 1.09 bits per heavy atom. The van der Waals surface area contributed by atoms with Crippen molar-refractivity contribution in [1.82, 2.24) is 0 Å². The Morgan fingerprint density at radius 3 is 2.18 bits per heavy atom. The molecule has 0 heterocycles. The Morgan fingerprint density at radius 2 is 1.64 bits per heavy atom. The Balaban J connectivity index is 1.96. The van der Waals surface area contributed by atoms with Crippen molar-refractivity contribution < 1.29 is 5.11 Å². The molecule has 2 aliphatic rings. The Bertz CT molecular complexity index is 154. The average Bonchev–Trinajstić information content (AvgIpc) is 2.45. The molecule has 1 N–H and O–H groups in total. The molecule has 1 heteroatoms. The fourth-order valence-corrected chi connectivity index (χ4v) is 2.37. The fourth-order valence-electron chi connectivity index (χ4n) is 2.37. The summed E-state index contributed by atoms with van der Waals surface area (Å²) in [6, 6.07) is 0. The lowest BCUT2D eigenvalue weighted by Crippen LogP contribution is -2.27. The molecular formula is C10H16O. The molecule has 0 bridgehead atoms. The molecule has 11 heavy (non-hydrogen) atoms. The molecule has 1 saturated carbocycles. The van der Waals surface area contributed by atoms with Gasteiger partial charge in [0.15, 0.2) is 0 Å². The van der Waals surface area contributed by atoms with E-state index in [0.717, 1.165) is 12.8 Å². The van der Waals surface area contributed by atoms with Crippen LogP contribution in [0.1, 0.15) is 38.5 Å². The van der Waals surface area contributed by atoms with Gasteiger partial charge in [-0.15, -0.1) is 0 Å². The van der Waals surface area contributed by atoms with Gasteiger partial charge in [-0.1, -0.05) is 12.2 Å². The zero-order valence-electron chi connectivity index (χ0n) is 6.92. The molecule has 0 unspecified atom stereocenters. The number of allylic oxidation sites excluding steroid dienone is 2. The largest absolute Gasteiger partial charge is 0.393 e. The molecule has 0 aromatic rings. The highest BCUT2D eigenvalue weighted by atomic mass is 16.3. The van der Waals surface area contributed by atoms with Crippen LogP contribution in [0.2, 0.25) is 0 Å². The molecule has 1 nitrogen and oxygen atoms in total. The minimum atomic E-state index is 0.00113. The van der Waals surface area contributed by atoms with Gasteiger partial charge in [-0.05, 0) is 43.9 Å². The highest BCUT2D eigenvalue weighted by molar-refractivity contribution is 5.04. The first kappa shape index (κ1) is 7.35. The highest BCUT2D eigenvalue weighted by Crippen LogP contribution is 2.45. The summed E-state index contributed by atoms with van der Waals surface area (Å²) in [5.41, 5.74) is 0.583. The van der Waals surface area contributed by atoms with Crippen LogP contribution in [0.3, 0.4) is 0 Å². The SMILES string of the molecule is OC1CCC2(CC=CC2)CC1. The van der Waals surface area contributed by atoms with Crippen LogP contribution in [-0.2, 0) is 0 Å². The van der Waals surface area contributed by atoms with Crippen molar-refractivity contribution in [3.8, 4) is 0 Å².